The van der Waals surface area contributed by atoms with Crippen LogP contribution in [0.4, 0.5) is 0 Å². The number of ether oxygens (including phenoxy) is 2. The zero-order valence-electron chi connectivity index (χ0n) is 20.1. The second-order valence-electron chi connectivity index (χ2n) is 8.29. The quantitative estimate of drug-likeness (QED) is 0.261. The van der Waals surface area contributed by atoms with Crippen LogP contribution in [0, 0.1) is 0 Å². The smallest absolute Gasteiger partial charge is 0.348 e. The summed E-state index contributed by atoms with van der Waals surface area (Å²) in [6.45, 7) is 4.65. The van der Waals surface area contributed by atoms with E-state index in [4.69, 9.17) is 9.47 Å². The van der Waals surface area contributed by atoms with Gasteiger partial charge in [-0.1, -0.05) is 38.8 Å². The van der Waals surface area contributed by atoms with Crippen molar-refractivity contribution in [3.63, 3.8) is 0 Å². The van der Waals surface area contributed by atoms with Crippen LogP contribution in [0.3, 0.4) is 0 Å². The second-order valence-corrected chi connectivity index (χ2v) is 9.20. The van der Waals surface area contributed by atoms with E-state index in [1.54, 1.807) is 47.8 Å². The maximum absolute atomic E-state index is 13.4. The molecular weight excluding hydrogens is 466 g/mol. The highest BCUT2D eigenvalue weighted by Gasteiger charge is 2.22. The van der Waals surface area contributed by atoms with Crippen LogP contribution >= 0.6 is 11.3 Å². The van der Waals surface area contributed by atoms with Crippen LogP contribution in [0.15, 0.2) is 47.8 Å². The molecule has 0 aliphatic heterocycles. The Morgan fingerprint density at radius 2 is 1.60 bits per heavy atom. The van der Waals surface area contributed by atoms with Gasteiger partial charge in [0.25, 0.3) is 5.91 Å². The maximum atomic E-state index is 13.4. The summed E-state index contributed by atoms with van der Waals surface area (Å²) in [5, 5.41) is 13.1. The van der Waals surface area contributed by atoms with E-state index in [2.05, 4.69) is 0 Å². The number of benzene rings is 2. The number of amides is 1. The summed E-state index contributed by atoms with van der Waals surface area (Å²) in [5.41, 5.74) is 1.15. The summed E-state index contributed by atoms with van der Waals surface area (Å²) < 4.78 is 10.6. The third kappa shape index (κ3) is 7.55. The summed E-state index contributed by atoms with van der Waals surface area (Å²) in [6, 6.07) is 11.8. The number of hydrogen-bond acceptors (Lipinski definition) is 7. The lowest BCUT2D eigenvalue weighted by Crippen LogP contribution is -2.36. The summed E-state index contributed by atoms with van der Waals surface area (Å²) in [7, 11) is 0. The van der Waals surface area contributed by atoms with Gasteiger partial charge in [-0.25, -0.2) is 4.79 Å². The molecule has 7 nitrogen and oxygen atoms in total. The Hall–Kier alpha value is -3.39. The molecular formula is C27H31NO6S. The van der Waals surface area contributed by atoms with Crippen molar-refractivity contribution >= 4 is 40.0 Å². The summed E-state index contributed by atoms with van der Waals surface area (Å²) in [5.74, 6) is -1.04. The van der Waals surface area contributed by atoms with E-state index in [-0.39, 0.29) is 30.7 Å². The first-order valence-electron chi connectivity index (χ1n) is 11.8. The Balaban J connectivity index is 1.78. The fourth-order valence-corrected chi connectivity index (χ4v) is 4.24. The summed E-state index contributed by atoms with van der Waals surface area (Å²) in [6.07, 6.45) is 3.39. The molecule has 0 bridgehead atoms. The monoisotopic (exact) mass is 497 g/mol. The first kappa shape index (κ1) is 26.2. The molecule has 0 saturated heterocycles. The number of hydrogen-bond donors (Lipinski definition) is 1. The van der Waals surface area contributed by atoms with E-state index >= 15 is 0 Å². The van der Waals surface area contributed by atoms with Crippen molar-refractivity contribution in [2.45, 2.75) is 46.1 Å². The Morgan fingerprint density at radius 3 is 2.34 bits per heavy atom. The van der Waals surface area contributed by atoms with E-state index in [0.717, 1.165) is 42.0 Å². The minimum Gasteiger partial charge on any atom is -0.508 e. The van der Waals surface area contributed by atoms with Crippen LogP contribution in [-0.4, -0.2) is 47.6 Å². The van der Waals surface area contributed by atoms with Crippen LogP contribution in [0.1, 0.15) is 65.1 Å². The largest absolute Gasteiger partial charge is 0.508 e. The molecule has 0 aliphatic rings. The Kier molecular flexibility index (Phi) is 9.66. The average Bonchev–Trinajstić information content (AvgIpc) is 3.32. The summed E-state index contributed by atoms with van der Waals surface area (Å²) in [4.78, 5) is 40.0. The third-order valence-corrected chi connectivity index (χ3v) is 6.36. The highest BCUT2D eigenvalue weighted by Crippen LogP contribution is 2.23. The number of esters is 2. The van der Waals surface area contributed by atoms with Crippen molar-refractivity contribution in [1.29, 1.82) is 0 Å². The molecule has 0 radical (unpaired) electrons. The van der Waals surface area contributed by atoms with E-state index in [0.29, 0.717) is 23.7 Å². The molecule has 0 atom stereocenters. The molecule has 1 aromatic heterocycles. The summed E-state index contributed by atoms with van der Waals surface area (Å²) >= 11 is 1.25. The molecule has 2 aromatic carbocycles. The van der Waals surface area contributed by atoms with Gasteiger partial charge in [0.15, 0.2) is 0 Å². The number of carbonyl (C=O) groups excluding carboxylic acids is 3. The lowest BCUT2D eigenvalue weighted by Gasteiger charge is -2.22. The molecule has 3 aromatic rings. The maximum Gasteiger partial charge on any atom is 0.348 e. The fraction of sp³-hybridized carbons (Fsp3) is 0.370. The van der Waals surface area contributed by atoms with Crippen molar-refractivity contribution < 1.29 is 29.0 Å². The highest BCUT2D eigenvalue weighted by atomic mass is 32.1. The van der Waals surface area contributed by atoms with Gasteiger partial charge < -0.3 is 19.5 Å². The van der Waals surface area contributed by atoms with Crippen LogP contribution < -0.4 is 0 Å². The van der Waals surface area contributed by atoms with Crippen molar-refractivity contribution in [2.75, 3.05) is 19.8 Å². The second kappa shape index (κ2) is 12.9. The molecule has 0 saturated carbocycles. The lowest BCUT2D eigenvalue weighted by molar-refractivity contribution is -0.144. The highest BCUT2D eigenvalue weighted by molar-refractivity contribution is 7.12. The molecule has 0 spiro atoms. The van der Waals surface area contributed by atoms with Crippen molar-refractivity contribution in [2.24, 2.45) is 0 Å². The molecule has 1 amide bonds. The van der Waals surface area contributed by atoms with E-state index in [1.165, 1.54) is 16.2 Å². The van der Waals surface area contributed by atoms with Gasteiger partial charge in [0, 0.05) is 12.1 Å². The molecule has 0 fully saturated rings. The van der Waals surface area contributed by atoms with Crippen LogP contribution in [-0.2, 0) is 20.8 Å². The number of phenols is 1. The van der Waals surface area contributed by atoms with E-state index in [9.17, 15) is 19.5 Å². The SMILES string of the molecule is CCCCOC(=O)CN(Cc1csc(C(=O)OCCCC)c1)C(=O)c1ccc2cc(O)ccc2c1. The first-order chi connectivity index (χ1) is 16.9. The van der Waals surface area contributed by atoms with Gasteiger partial charge in [0.1, 0.15) is 17.2 Å². The minimum absolute atomic E-state index is 0.147. The topological polar surface area (TPSA) is 93.1 Å². The van der Waals surface area contributed by atoms with E-state index in [1.807, 2.05) is 13.8 Å². The number of phenolic OH excluding ortho intramolecular Hbond substituents is 1. The standard InChI is InChI=1S/C27H31NO6S/c1-3-5-11-33-25(30)17-28(16-19-13-24(35-18-19)27(32)34-12-6-4-2)26(31)22-8-7-21-15-23(29)10-9-20(21)14-22/h7-10,13-15,18,29H,3-6,11-12,16-17H2,1-2H3. The molecule has 35 heavy (non-hydrogen) atoms. The zero-order chi connectivity index (χ0) is 25.2. The zero-order valence-corrected chi connectivity index (χ0v) is 20.9. The molecule has 1 N–H and O–H groups in total. The number of rotatable bonds is 12. The predicted molar refractivity (Wildman–Crippen MR) is 136 cm³/mol. The predicted octanol–water partition coefficient (Wildman–Crippen LogP) is 5.55. The van der Waals surface area contributed by atoms with Crippen LogP contribution in [0.5, 0.6) is 5.75 Å². The van der Waals surface area contributed by atoms with Gasteiger partial charge in [0.05, 0.1) is 13.2 Å². The third-order valence-electron chi connectivity index (χ3n) is 5.40. The fourth-order valence-electron chi connectivity index (χ4n) is 3.45. The van der Waals surface area contributed by atoms with Crippen molar-refractivity contribution in [1.82, 2.24) is 4.90 Å². The van der Waals surface area contributed by atoms with Gasteiger partial charge in [-0.05, 0) is 64.9 Å². The minimum atomic E-state index is -0.480. The number of nitrogens with zero attached hydrogens (tertiary/aromatic N) is 1. The molecule has 186 valence electrons. The Labute approximate surface area is 209 Å². The van der Waals surface area contributed by atoms with Gasteiger partial charge in [0.2, 0.25) is 0 Å². The van der Waals surface area contributed by atoms with Gasteiger partial charge in [-0.2, -0.15) is 0 Å². The number of unbranched alkanes of at least 4 members (excludes halogenated alkanes) is 2. The van der Waals surface area contributed by atoms with Crippen molar-refractivity contribution in [3.05, 3.63) is 63.8 Å². The normalized spacial score (nSPS) is 10.8. The van der Waals surface area contributed by atoms with Gasteiger partial charge >= 0.3 is 11.9 Å². The number of aromatic hydroxyl groups is 1. The van der Waals surface area contributed by atoms with Gasteiger partial charge in [-0.15, -0.1) is 11.3 Å². The number of carbonyl (C=O) groups is 3. The van der Waals surface area contributed by atoms with Crippen molar-refractivity contribution in [3.8, 4) is 5.75 Å². The lowest BCUT2D eigenvalue weighted by atomic mass is 10.1. The van der Waals surface area contributed by atoms with Crippen LogP contribution in [0.25, 0.3) is 10.8 Å². The molecule has 3 rings (SSSR count). The molecule has 0 aliphatic carbocycles. The Morgan fingerprint density at radius 1 is 0.914 bits per heavy atom. The molecule has 8 heteroatoms. The van der Waals surface area contributed by atoms with Crippen LogP contribution in [0.2, 0.25) is 0 Å². The van der Waals surface area contributed by atoms with E-state index < -0.39 is 5.97 Å². The average molecular weight is 498 g/mol. The molecule has 0 unspecified atom stereocenters. The Bertz CT molecular complexity index is 1170. The van der Waals surface area contributed by atoms with Gasteiger partial charge in [-0.3, -0.25) is 9.59 Å². The number of fused-ring (bicyclic) bond motifs is 1. The molecule has 1 heterocycles. The number of thiophene rings is 1. The first-order valence-corrected chi connectivity index (χ1v) is 12.7.